The van der Waals surface area contributed by atoms with Crippen LogP contribution in [0.15, 0.2) is 30.0 Å². The molecule has 1 aromatic carbocycles. The molecule has 1 unspecified atom stereocenters. The van der Waals surface area contributed by atoms with Gasteiger partial charge in [0.05, 0.1) is 7.18 Å². The van der Waals surface area contributed by atoms with Crippen molar-refractivity contribution in [1.29, 1.82) is 0 Å². The topological polar surface area (TPSA) is 62.1 Å². The number of nitrogens with one attached hydrogen (secondary N) is 3. The third kappa shape index (κ3) is 5.86. The number of allylic oxidation sites excluding steroid dienone is 3. The standard InChI is InChI=1S/C22H32N4.CH3F/c1-3-4-5-20(8-10-23)26-22-13-19(18-7-6-16(2)25-14-18)12-17-9-11-24-15-21(17)22;1-2/h6-7,9,12-13,15,20,24-26H,3-5,8,10-11,14,23H2,1-2H3;1H3. The molecule has 0 saturated heterocycles. The Kier molecular flexibility index (Phi) is 9.08. The number of hydrogen-bond donors (Lipinski definition) is 4. The summed E-state index contributed by atoms with van der Waals surface area (Å²) in [5, 5.41) is 13.2. The normalized spacial score (nSPS) is 15.8. The smallest absolute Gasteiger partial charge is 0.0785 e. The molecule has 3 rings (SSSR count). The lowest BCUT2D eigenvalue weighted by Crippen LogP contribution is -2.37. The van der Waals surface area contributed by atoms with E-state index in [0.717, 1.165) is 32.5 Å². The molecule has 1 aromatic rings. The zero-order valence-corrected chi connectivity index (χ0v) is 17.4. The van der Waals surface area contributed by atoms with Crippen LogP contribution >= 0.6 is 0 Å². The van der Waals surface area contributed by atoms with Gasteiger partial charge in [-0.2, -0.15) is 0 Å². The largest absolute Gasteiger partial charge is 0.387 e. The van der Waals surface area contributed by atoms with E-state index < -0.39 is 0 Å². The van der Waals surface area contributed by atoms with Gasteiger partial charge < -0.3 is 21.7 Å². The molecule has 28 heavy (non-hydrogen) atoms. The van der Waals surface area contributed by atoms with E-state index in [4.69, 9.17) is 5.73 Å². The minimum atomic E-state index is 0.426. The number of rotatable bonds is 8. The van der Waals surface area contributed by atoms with Gasteiger partial charge in [0.25, 0.3) is 0 Å². The highest BCUT2D eigenvalue weighted by molar-refractivity contribution is 5.73. The molecule has 0 bridgehead atoms. The van der Waals surface area contributed by atoms with Crippen molar-refractivity contribution >= 4 is 23.5 Å². The van der Waals surface area contributed by atoms with Crippen molar-refractivity contribution < 1.29 is 4.39 Å². The molecule has 2 aliphatic heterocycles. The molecule has 1 atom stereocenters. The van der Waals surface area contributed by atoms with Gasteiger partial charge >= 0.3 is 0 Å². The molecule has 0 aliphatic carbocycles. The number of alkyl halides is 1. The third-order valence-corrected chi connectivity index (χ3v) is 5.14. The van der Waals surface area contributed by atoms with Crippen LogP contribution in [-0.2, 0) is 0 Å². The van der Waals surface area contributed by atoms with E-state index in [1.807, 2.05) is 0 Å². The first-order chi connectivity index (χ1) is 13.7. The predicted octanol–water partition coefficient (Wildman–Crippen LogP) is 2.60. The molecule has 154 valence electrons. The number of unbranched alkanes of at least 4 members (excludes halogenated alkanes) is 1. The Morgan fingerprint density at radius 2 is 2.04 bits per heavy atom. The summed E-state index contributed by atoms with van der Waals surface area (Å²) < 4.78 is 9.50. The van der Waals surface area contributed by atoms with E-state index in [2.05, 4.69) is 66.4 Å². The minimum Gasteiger partial charge on any atom is -0.387 e. The number of nitrogens with two attached hydrogens (primary N) is 1. The molecule has 2 heterocycles. The molecular weight excluding hydrogens is 351 g/mol. The predicted molar refractivity (Wildman–Crippen MR) is 120 cm³/mol. The lowest BCUT2D eigenvalue weighted by atomic mass is 9.98. The summed E-state index contributed by atoms with van der Waals surface area (Å²) in [5.74, 6) is 0. The summed E-state index contributed by atoms with van der Waals surface area (Å²) in [4.78, 5) is 0. The maximum atomic E-state index is 9.50. The number of hydrogen-bond acceptors (Lipinski definition) is 4. The van der Waals surface area contributed by atoms with E-state index in [1.165, 1.54) is 45.8 Å². The summed E-state index contributed by atoms with van der Waals surface area (Å²) in [7, 11) is 0.500. The van der Waals surface area contributed by atoms with Crippen molar-refractivity contribution in [2.75, 3.05) is 32.1 Å². The Balaban J connectivity index is 0.00000136. The second-order valence-electron chi connectivity index (χ2n) is 7.24. The summed E-state index contributed by atoms with van der Waals surface area (Å²) >= 11 is 0. The summed E-state index contributed by atoms with van der Waals surface area (Å²) in [6, 6.07) is 5.03. The second kappa shape index (κ2) is 11.5. The lowest BCUT2D eigenvalue weighted by molar-refractivity contribution is 0.576. The van der Waals surface area contributed by atoms with Crippen molar-refractivity contribution in [3.8, 4) is 0 Å². The highest BCUT2D eigenvalue weighted by Gasteiger charge is 2.13. The van der Waals surface area contributed by atoms with Gasteiger partial charge in [0, 0.05) is 41.9 Å². The summed E-state index contributed by atoms with van der Waals surface area (Å²) in [6.07, 6.45) is 13.4. The molecule has 0 aromatic heterocycles. The van der Waals surface area contributed by atoms with E-state index in [0.29, 0.717) is 13.2 Å². The van der Waals surface area contributed by atoms with E-state index in [1.54, 1.807) is 0 Å². The maximum absolute atomic E-state index is 9.50. The van der Waals surface area contributed by atoms with Crippen molar-refractivity contribution in [3.63, 3.8) is 0 Å². The highest BCUT2D eigenvalue weighted by Crippen LogP contribution is 2.19. The fourth-order valence-corrected chi connectivity index (χ4v) is 3.58. The number of fused-ring (bicyclic) bond motifs is 1. The number of benzene rings is 1. The van der Waals surface area contributed by atoms with Gasteiger partial charge in [-0.15, -0.1) is 0 Å². The number of anilines is 1. The minimum absolute atomic E-state index is 0.426. The Hall–Kier alpha value is -2.27. The zero-order valence-electron chi connectivity index (χ0n) is 17.4. The molecule has 0 amide bonds. The first-order valence-corrected chi connectivity index (χ1v) is 10.2. The molecule has 0 spiro atoms. The SMILES string of the molecule is CCCCC(CCN)Nc1cc(C2=CC=C(C)NC2)cc2c1=CNCC=2.CF. The van der Waals surface area contributed by atoms with Crippen molar-refractivity contribution in [2.45, 2.75) is 45.6 Å². The van der Waals surface area contributed by atoms with E-state index >= 15 is 0 Å². The average Bonchev–Trinajstić information content (AvgIpc) is 2.74. The Labute approximate surface area is 168 Å². The first kappa shape index (κ1) is 22.0. The zero-order chi connectivity index (χ0) is 20.4. The van der Waals surface area contributed by atoms with Crippen LogP contribution in [0.25, 0.3) is 17.8 Å². The Morgan fingerprint density at radius 3 is 2.71 bits per heavy atom. The van der Waals surface area contributed by atoms with Gasteiger partial charge in [-0.05, 0) is 60.9 Å². The molecular formula is C23H35FN4. The second-order valence-corrected chi connectivity index (χ2v) is 7.24. The average molecular weight is 387 g/mol. The molecule has 4 nitrogen and oxygen atoms in total. The molecule has 0 saturated carbocycles. The third-order valence-electron chi connectivity index (χ3n) is 5.14. The molecule has 0 fully saturated rings. The van der Waals surface area contributed by atoms with Crippen molar-refractivity contribution in [3.05, 3.63) is 46.0 Å². The molecule has 5 heteroatoms. The monoisotopic (exact) mass is 386 g/mol. The van der Waals surface area contributed by atoms with Crippen LogP contribution in [0, 0.1) is 0 Å². The van der Waals surface area contributed by atoms with E-state index in [9.17, 15) is 4.39 Å². The Bertz CT molecular complexity index is 811. The van der Waals surface area contributed by atoms with Gasteiger partial charge in [-0.3, -0.25) is 4.39 Å². The lowest BCUT2D eigenvalue weighted by Gasteiger charge is -2.22. The molecule has 0 radical (unpaired) electrons. The van der Waals surface area contributed by atoms with Gasteiger partial charge in [0.2, 0.25) is 0 Å². The van der Waals surface area contributed by atoms with Crippen LogP contribution < -0.4 is 32.1 Å². The fraction of sp³-hybridized carbons (Fsp3) is 0.478. The van der Waals surface area contributed by atoms with Crippen molar-refractivity contribution in [1.82, 2.24) is 10.6 Å². The van der Waals surface area contributed by atoms with Crippen LogP contribution in [-0.4, -0.2) is 32.9 Å². The summed E-state index contributed by atoms with van der Waals surface area (Å²) in [5.41, 5.74) is 10.9. The fourth-order valence-electron chi connectivity index (χ4n) is 3.58. The van der Waals surface area contributed by atoms with Crippen LogP contribution in [0.2, 0.25) is 0 Å². The quantitative estimate of drug-likeness (QED) is 0.555. The van der Waals surface area contributed by atoms with Gasteiger partial charge in [0.1, 0.15) is 0 Å². The highest BCUT2D eigenvalue weighted by atomic mass is 19.1. The van der Waals surface area contributed by atoms with Crippen LogP contribution in [0.3, 0.4) is 0 Å². The van der Waals surface area contributed by atoms with Crippen molar-refractivity contribution in [2.24, 2.45) is 5.73 Å². The van der Waals surface area contributed by atoms with Gasteiger partial charge in [-0.1, -0.05) is 31.9 Å². The number of dihydropyridines is 1. The molecule has 5 N–H and O–H groups in total. The van der Waals surface area contributed by atoms with Crippen LogP contribution in [0.5, 0.6) is 0 Å². The van der Waals surface area contributed by atoms with Crippen LogP contribution in [0.4, 0.5) is 10.1 Å². The summed E-state index contributed by atoms with van der Waals surface area (Å²) in [6.45, 7) is 6.83. The van der Waals surface area contributed by atoms with Gasteiger partial charge in [-0.25, -0.2) is 0 Å². The maximum Gasteiger partial charge on any atom is 0.0785 e. The van der Waals surface area contributed by atoms with E-state index in [-0.39, 0.29) is 0 Å². The number of halogens is 1. The van der Waals surface area contributed by atoms with Gasteiger partial charge in [0.15, 0.2) is 0 Å². The van der Waals surface area contributed by atoms with Crippen LogP contribution in [0.1, 0.15) is 45.1 Å². The first-order valence-electron chi connectivity index (χ1n) is 10.2. The molecule has 2 aliphatic rings. The Morgan fingerprint density at radius 1 is 1.21 bits per heavy atom.